The van der Waals surface area contributed by atoms with Crippen LogP contribution in [0.5, 0.6) is 0 Å². The minimum absolute atomic E-state index is 0. The zero-order valence-corrected chi connectivity index (χ0v) is 13.4. The van der Waals surface area contributed by atoms with Gasteiger partial charge in [-0.25, -0.2) is 0 Å². The molecule has 14 heavy (non-hydrogen) atoms. The summed E-state index contributed by atoms with van der Waals surface area (Å²) in [7, 11) is -9.36. The molecule has 0 rings (SSSR count). The Hall–Kier alpha value is 1.14. The van der Waals surface area contributed by atoms with Gasteiger partial charge in [0.25, 0.3) is 0 Å². The van der Waals surface area contributed by atoms with Gasteiger partial charge in [-0.2, -0.15) is 16.8 Å². The molecule has 0 heterocycles. The average molecular weight is 262 g/mol. The SMILES string of the molecule is C=COS(=O)(=O)C(=C)S(=O)(=O)O.[H-].[H-].[Na+].[Na+]. The Labute approximate surface area is 130 Å². The van der Waals surface area contributed by atoms with Gasteiger partial charge in [-0.15, -0.1) is 0 Å². The van der Waals surface area contributed by atoms with Crippen molar-refractivity contribution in [1.82, 2.24) is 0 Å². The Bertz CT molecular complexity index is 402. The largest absolute Gasteiger partial charge is 1.00 e. The van der Waals surface area contributed by atoms with E-state index in [4.69, 9.17) is 4.55 Å². The first-order chi connectivity index (χ1) is 5.22. The maximum absolute atomic E-state index is 10.6. The Morgan fingerprint density at radius 2 is 1.64 bits per heavy atom. The zero-order valence-electron chi connectivity index (χ0n) is 9.80. The Kier molecular flexibility index (Phi) is 10.9. The van der Waals surface area contributed by atoms with Gasteiger partial charge in [-0.3, -0.25) is 4.55 Å². The summed E-state index contributed by atoms with van der Waals surface area (Å²) in [5.41, 5.74) is 0. The molecule has 0 aliphatic rings. The maximum Gasteiger partial charge on any atom is 1.00 e. The fourth-order valence-electron chi connectivity index (χ4n) is 0.272. The van der Waals surface area contributed by atoms with Crippen molar-refractivity contribution in [2.75, 3.05) is 0 Å². The molecular formula is C4H8Na2O6S2. The summed E-state index contributed by atoms with van der Waals surface area (Å²) < 4.78 is 52.3. The molecular weight excluding hydrogens is 254 g/mol. The third-order valence-corrected chi connectivity index (χ3v) is 3.53. The van der Waals surface area contributed by atoms with E-state index in [-0.39, 0.29) is 62.0 Å². The molecule has 0 spiro atoms. The third-order valence-electron chi connectivity index (χ3n) is 0.761. The van der Waals surface area contributed by atoms with Crippen LogP contribution >= 0.6 is 0 Å². The summed E-state index contributed by atoms with van der Waals surface area (Å²) in [5, 5.41) is 0. The van der Waals surface area contributed by atoms with Crippen molar-refractivity contribution < 1.29 is 87.5 Å². The van der Waals surface area contributed by atoms with Crippen molar-refractivity contribution >= 4 is 20.2 Å². The molecule has 0 saturated carbocycles. The maximum atomic E-state index is 10.6. The molecule has 0 unspecified atom stereocenters. The second kappa shape index (κ2) is 7.42. The molecule has 0 aromatic rings. The van der Waals surface area contributed by atoms with Crippen LogP contribution in [0.3, 0.4) is 0 Å². The number of hydrogen-bond acceptors (Lipinski definition) is 5. The van der Waals surface area contributed by atoms with Crippen molar-refractivity contribution in [1.29, 1.82) is 0 Å². The Morgan fingerprint density at radius 1 is 1.29 bits per heavy atom. The third kappa shape index (κ3) is 6.59. The van der Waals surface area contributed by atoms with Crippen LogP contribution in [0, 0.1) is 0 Å². The van der Waals surface area contributed by atoms with Gasteiger partial charge in [-0.05, 0) is 0 Å². The monoisotopic (exact) mass is 262 g/mol. The summed E-state index contributed by atoms with van der Waals surface area (Å²) in [5.74, 6) is 0. The first-order valence-corrected chi connectivity index (χ1v) is 5.27. The summed E-state index contributed by atoms with van der Waals surface area (Å²) in [6.45, 7) is 5.51. The van der Waals surface area contributed by atoms with Crippen LogP contribution in [0.2, 0.25) is 0 Å². The van der Waals surface area contributed by atoms with Crippen LogP contribution in [0.1, 0.15) is 2.85 Å². The Morgan fingerprint density at radius 3 is 1.86 bits per heavy atom. The first kappa shape index (κ1) is 20.5. The van der Waals surface area contributed by atoms with Crippen molar-refractivity contribution in [2.24, 2.45) is 0 Å². The normalized spacial score (nSPS) is 10.4. The molecule has 74 valence electrons. The zero-order chi connectivity index (χ0) is 9.99. The quantitative estimate of drug-likeness (QED) is 0.234. The second-order valence-corrected chi connectivity index (χ2v) is 4.86. The summed E-state index contributed by atoms with van der Waals surface area (Å²) in [6, 6.07) is 0. The van der Waals surface area contributed by atoms with E-state index in [2.05, 4.69) is 17.3 Å². The molecule has 0 amide bonds. The fraction of sp³-hybridized carbons (Fsp3) is 0. The minimum Gasteiger partial charge on any atom is -1.00 e. The summed E-state index contributed by atoms with van der Waals surface area (Å²) >= 11 is 0. The molecule has 0 bridgehead atoms. The van der Waals surface area contributed by atoms with Crippen molar-refractivity contribution in [3.8, 4) is 0 Å². The molecule has 0 aliphatic heterocycles. The number of hydrogen-bond donors (Lipinski definition) is 1. The Balaban J connectivity index is -0.000000101. The van der Waals surface area contributed by atoms with E-state index in [0.717, 1.165) is 0 Å². The van der Waals surface area contributed by atoms with Gasteiger partial charge in [-0.1, -0.05) is 13.2 Å². The van der Waals surface area contributed by atoms with Crippen LogP contribution in [0.15, 0.2) is 23.7 Å². The molecule has 0 aromatic carbocycles. The van der Waals surface area contributed by atoms with Crippen LogP contribution in [-0.2, 0) is 24.4 Å². The molecule has 0 aliphatic carbocycles. The van der Waals surface area contributed by atoms with Gasteiger partial charge >= 0.3 is 79.4 Å². The average Bonchev–Trinajstić information content (AvgIpc) is 1.84. The van der Waals surface area contributed by atoms with Gasteiger partial charge in [0.2, 0.25) is 4.24 Å². The molecule has 0 atom stereocenters. The van der Waals surface area contributed by atoms with Crippen LogP contribution in [0.4, 0.5) is 0 Å². The van der Waals surface area contributed by atoms with Gasteiger partial charge < -0.3 is 7.04 Å². The van der Waals surface area contributed by atoms with Crippen molar-refractivity contribution in [2.45, 2.75) is 0 Å². The second-order valence-electron chi connectivity index (χ2n) is 1.56. The molecule has 10 heteroatoms. The minimum atomic E-state index is -4.84. The van der Waals surface area contributed by atoms with Gasteiger partial charge in [0.15, 0.2) is 0 Å². The predicted molar refractivity (Wildman–Crippen MR) is 43.1 cm³/mol. The van der Waals surface area contributed by atoms with Gasteiger partial charge in [0.05, 0.1) is 6.26 Å². The van der Waals surface area contributed by atoms with Crippen LogP contribution in [-0.4, -0.2) is 21.4 Å². The van der Waals surface area contributed by atoms with E-state index in [9.17, 15) is 16.8 Å². The fourth-order valence-corrected chi connectivity index (χ4v) is 1.71. The van der Waals surface area contributed by atoms with Gasteiger partial charge in [0, 0.05) is 0 Å². The summed E-state index contributed by atoms with van der Waals surface area (Å²) in [4.78, 5) is 0. The van der Waals surface area contributed by atoms with Gasteiger partial charge in [0.1, 0.15) is 0 Å². The van der Waals surface area contributed by atoms with E-state index in [1.807, 2.05) is 0 Å². The van der Waals surface area contributed by atoms with E-state index in [0.29, 0.717) is 6.26 Å². The summed E-state index contributed by atoms with van der Waals surface area (Å²) in [6.07, 6.45) is 0.506. The van der Waals surface area contributed by atoms with Crippen molar-refractivity contribution in [3.05, 3.63) is 23.7 Å². The van der Waals surface area contributed by atoms with Crippen LogP contribution in [0.25, 0.3) is 0 Å². The molecule has 6 nitrogen and oxygen atoms in total. The van der Waals surface area contributed by atoms with Crippen LogP contribution < -0.4 is 59.1 Å². The smallest absolute Gasteiger partial charge is 1.00 e. The number of rotatable bonds is 4. The predicted octanol–water partition coefficient (Wildman–Crippen LogP) is -5.93. The standard InChI is InChI=1S/C4H6O6S2.2Na.2H/c1-3-10-12(8,9)4(2)11(5,6)7;;;;/h3H,1-2H2,(H,5,6,7);;;;/q;2*+1;2*-1. The molecule has 1 N–H and O–H groups in total. The van der Waals surface area contributed by atoms with E-state index >= 15 is 0 Å². The van der Waals surface area contributed by atoms with E-state index in [1.54, 1.807) is 0 Å². The van der Waals surface area contributed by atoms with E-state index < -0.39 is 24.5 Å². The van der Waals surface area contributed by atoms with E-state index in [1.165, 1.54) is 0 Å². The molecule has 0 aromatic heterocycles. The topological polar surface area (TPSA) is 97.7 Å². The molecule has 0 fully saturated rings. The molecule has 0 radical (unpaired) electrons. The first-order valence-electron chi connectivity index (χ1n) is 2.42. The van der Waals surface area contributed by atoms with Crippen molar-refractivity contribution in [3.63, 3.8) is 0 Å². The molecule has 0 saturated heterocycles.